The van der Waals surface area contributed by atoms with Crippen LogP contribution in [-0.4, -0.2) is 46.3 Å². The molecule has 1 aliphatic rings. The number of aromatic nitrogens is 2. The minimum atomic E-state index is -3.87. The first-order valence-corrected chi connectivity index (χ1v) is 14.0. The summed E-state index contributed by atoms with van der Waals surface area (Å²) in [6.07, 6.45) is 5.35. The highest BCUT2D eigenvalue weighted by Gasteiger charge is 2.28. The first-order chi connectivity index (χ1) is 16.9. The van der Waals surface area contributed by atoms with Gasteiger partial charge in [0.25, 0.3) is 0 Å². The van der Waals surface area contributed by atoms with E-state index in [1.165, 1.54) is 23.6 Å². The predicted molar refractivity (Wildman–Crippen MR) is 139 cm³/mol. The molecule has 3 aromatic rings. The van der Waals surface area contributed by atoms with Gasteiger partial charge in [0.15, 0.2) is 0 Å². The van der Waals surface area contributed by atoms with Gasteiger partial charge in [-0.2, -0.15) is 0 Å². The number of nitrogens with zero attached hydrogens (tertiary/aromatic N) is 2. The van der Waals surface area contributed by atoms with Crippen LogP contribution in [-0.2, 0) is 10.0 Å². The number of sulfonamides is 1. The van der Waals surface area contributed by atoms with Gasteiger partial charge in [-0.3, -0.25) is 0 Å². The summed E-state index contributed by atoms with van der Waals surface area (Å²) in [4.78, 5) is 20.3. The number of thiazole rings is 1. The van der Waals surface area contributed by atoms with Crippen molar-refractivity contribution in [2.45, 2.75) is 68.8 Å². The van der Waals surface area contributed by atoms with Gasteiger partial charge in [0.05, 0.1) is 14.8 Å². The summed E-state index contributed by atoms with van der Waals surface area (Å²) in [5.74, 6) is 0.105. The third-order valence-electron chi connectivity index (χ3n) is 5.99. The van der Waals surface area contributed by atoms with Gasteiger partial charge in [-0.25, -0.2) is 27.9 Å². The molecule has 0 saturated heterocycles. The highest BCUT2D eigenvalue weighted by Crippen LogP contribution is 2.40. The van der Waals surface area contributed by atoms with Gasteiger partial charge in [0.1, 0.15) is 0 Å². The quantitative estimate of drug-likeness (QED) is 0.353. The molecule has 2 heterocycles. The maximum Gasteiger partial charge on any atom is 0.404 e. The van der Waals surface area contributed by atoms with Crippen LogP contribution < -0.4 is 10.0 Å². The highest BCUT2D eigenvalue weighted by molar-refractivity contribution is 7.89. The zero-order valence-corrected chi connectivity index (χ0v) is 22.0. The van der Waals surface area contributed by atoms with E-state index in [1.54, 1.807) is 45.2 Å². The van der Waals surface area contributed by atoms with Crippen LogP contribution in [0, 0.1) is 0 Å². The van der Waals surface area contributed by atoms with Crippen molar-refractivity contribution in [2.24, 2.45) is 0 Å². The van der Waals surface area contributed by atoms with Crippen LogP contribution in [0.4, 0.5) is 4.79 Å². The zero-order valence-electron chi connectivity index (χ0n) is 20.4. The number of pyridine rings is 1. The van der Waals surface area contributed by atoms with Gasteiger partial charge < -0.3 is 15.5 Å². The molecule has 1 aliphatic carbocycles. The Balaban J connectivity index is 1.68. The second kappa shape index (κ2) is 10.2. The van der Waals surface area contributed by atoms with Crippen molar-refractivity contribution in [1.82, 2.24) is 20.0 Å². The van der Waals surface area contributed by atoms with E-state index in [0.717, 1.165) is 35.6 Å². The molecule has 9 nitrogen and oxygen atoms in total. The third-order valence-corrected chi connectivity index (χ3v) is 8.98. The van der Waals surface area contributed by atoms with Crippen molar-refractivity contribution in [1.29, 1.82) is 0 Å². The molecule has 0 bridgehead atoms. The molecule has 2 aromatic heterocycles. The predicted octanol–water partition coefficient (Wildman–Crippen LogP) is 4.95. The topological polar surface area (TPSA) is 142 Å². The fraction of sp³-hybridized carbons (Fsp3) is 0.400. The average Bonchev–Trinajstić information content (AvgIpc) is 3.28. The maximum atomic E-state index is 13.5. The summed E-state index contributed by atoms with van der Waals surface area (Å²) in [6, 6.07) is 8.35. The van der Waals surface area contributed by atoms with Crippen molar-refractivity contribution in [3.05, 3.63) is 47.7 Å². The Morgan fingerprint density at radius 1 is 1.03 bits per heavy atom. The molecule has 1 fully saturated rings. The largest absolute Gasteiger partial charge is 0.493 e. The molecule has 0 spiro atoms. The van der Waals surface area contributed by atoms with Crippen molar-refractivity contribution < 1.29 is 23.4 Å². The standard InChI is InChI=1S/C25H30N4O5S2/c1-25(2,3)29-36(33,34)21-12-16(17-7-11-22(30)26-13-17)6-10-19(21)20-14-27-23(35-20)15-4-8-18(9-5-15)28-24(31)32/h6-7,10-15,18,28-29H,4-5,8-9H2,1-3H3,(H,26,30)(H,31,32)/t15-,18-. The van der Waals surface area contributed by atoms with Gasteiger partial charge in [-0.15, -0.1) is 11.3 Å². The van der Waals surface area contributed by atoms with Gasteiger partial charge in [-0.05, 0) is 64.2 Å². The Kier molecular flexibility index (Phi) is 7.35. The zero-order chi connectivity index (χ0) is 26.1. The lowest BCUT2D eigenvalue weighted by atomic mass is 9.86. The van der Waals surface area contributed by atoms with Crippen molar-refractivity contribution in [3.8, 4) is 27.4 Å². The molecule has 1 amide bonds. The van der Waals surface area contributed by atoms with Crippen LogP contribution in [0.15, 0.2) is 47.6 Å². The van der Waals surface area contributed by atoms with Gasteiger partial charge in [0.2, 0.25) is 15.9 Å². The first kappa shape index (κ1) is 26.1. The summed E-state index contributed by atoms with van der Waals surface area (Å²) < 4.78 is 29.7. The van der Waals surface area contributed by atoms with Gasteiger partial charge >= 0.3 is 6.09 Å². The number of carbonyl (C=O) groups is 1. The second-order valence-electron chi connectivity index (χ2n) is 10.0. The lowest BCUT2D eigenvalue weighted by molar-refractivity contribution is 0.185. The Morgan fingerprint density at radius 3 is 2.33 bits per heavy atom. The minimum absolute atomic E-state index is 0.0414. The van der Waals surface area contributed by atoms with E-state index in [-0.39, 0.29) is 22.7 Å². The molecule has 0 atom stereocenters. The van der Waals surface area contributed by atoms with Crippen molar-refractivity contribution in [3.63, 3.8) is 0 Å². The van der Waals surface area contributed by atoms with Crippen molar-refractivity contribution >= 4 is 27.5 Å². The van der Waals surface area contributed by atoms with Crippen LogP contribution in [0.3, 0.4) is 0 Å². The Bertz CT molecular complexity index is 1340. The number of rotatable bonds is 6. The molecule has 4 N–H and O–H groups in total. The van der Waals surface area contributed by atoms with E-state index >= 15 is 0 Å². The monoisotopic (exact) mass is 530 g/mol. The molecular formula is C25H30N4O5S2. The first-order valence-electron chi connectivity index (χ1n) is 11.7. The number of carboxylic acid groups (broad SMARTS) is 1. The maximum absolute atomic E-state index is 13.5. The highest BCUT2D eigenvalue weighted by atomic mass is 32.2. The summed E-state index contributed by atoms with van der Waals surface area (Å²) in [7, 11) is -3.87. The van der Waals surface area contributed by atoms with E-state index in [0.29, 0.717) is 16.7 Å². The van der Waals surface area contributed by atoms with E-state index in [4.69, 9.17) is 5.11 Å². The SMILES string of the molecule is CC(C)(C)NS(=O)(=O)c1cc(-c2ccc(O)nc2)ccc1-c1cnc([C@H]2CC[C@H](NC(=O)O)CC2)s1. The van der Waals surface area contributed by atoms with E-state index in [2.05, 4.69) is 20.0 Å². The molecule has 1 aromatic carbocycles. The Hall–Kier alpha value is -3.02. The van der Waals surface area contributed by atoms with Crippen LogP contribution in [0.25, 0.3) is 21.6 Å². The van der Waals surface area contributed by atoms with E-state index in [1.807, 2.05) is 6.07 Å². The fourth-order valence-corrected chi connectivity index (χ4v) is 7.26. The number of nitrogens with one attached hydrogen (secondary N) is 2. The average molecular weight is 531 g/mol. The van der Waals surface area contributed by atoms with Gasteiger partial charge in [0, 0.05) is 47.1 Å². The molecule has 11 heteroatoms. The molecule has 0 radical (unpaired) electrons. The number of hydrogen-bond donors (Lipinski definition) is 4. The smallest absolute Gasteiger partial charge is 0.404 e. The van der Waals surface area contributed by atoms with Crippen LogP contribution in [0.1, 0.15) is 57.4 Å². The normalized spacial score (nSPS) is 18.6. The lowest BCUT2D eigenvalue weighted by Crippen LogP contribution is -2.40. The van der Waals surface area contributed by atoms with Crippen LogP contribution in [0.5, 0.6) is 5.88 Å². The van der Waals surface area contributed by atoms with Gasteiger partial charge in [-0.1, -0.05) is 12.1 Å². The Labute approximate surface area is 214 Å². The van der Waals surface area contributed by atoms with Crippen molar-refractivity contribution in [2.75, 3.05) is 0 Å². The molecule has 0 unspecified atom stereocenters. The number of aromatic hydroxyl groups is 1. The summed E-state index contributed by atoms with van der Waals surface area (Å²) in [5.41, 5.74) is 1.23. The summed E-state index contributed by atoms with van der Waals surface area (Å²) in [5, 5.41) is 22.0. The van der Waals surface area contributed by atoms with E-state index < -0.39 is 21.7 Å². The van der Waals surface area contributed by atoms with Crippen LogP contribution >= 0.6 is 11.3 Å². The Morgan fingerprint density at radius 2 is 1.72 bits per heavy atom. The minimum Gasteiger partial charge on any atom is -0.493 e. The third kappa shape index (κ3) is 6.21. The summed E-state index contributed by atoms with van der Waals surface area (Å²) in [6.45, 7) is 5.37. The molecular weight excluding hydrogens is 500 g/mol. The lowest BCUT2D eigenvalue weighted by Gasteiger charge is -2.27. The van der Waals surface area contributed by atoms with Crippen LogP contribution in [0.2, 0.25) is 0 Å². The van der Waals surface area contributed by atoms with E-state index in [9.17, 15) is 18.3 Å². The second-order valence-corrected chi connectivity index (χ2v) is 12.7. The summed E-state index contributed by atoms with van der Waals surface area (Å²) >= 11 is 1.47. The molecule has 0 aliphatic heterocycles. The number of amides is 1. The number of benzene rings is 1. The molecule has 192 valence electrons. The fourth-order valence-electron chi connectivity index (χ4n) is 4.40. The number of hydrogen-bond acceptors (Lipinski definition) is 7. The molecule has 4 rings (SSSR count). The molecule has 1 saturated carbocycles. The molecule has 36 heavy (non-hydrogen) atoms.